The number of para-hydroxylation sites is 1. The van der Waals surface area contributed by atoms with Gasteiger partial charge >= 0.3 is 0 Å². The summed E-state index contributed by atoms with van der Waals surface area (Å²) in [5.41, 5.74) is 0.982. The number of aromatic nitrogens is 4. The van der Waals surface area contributed by atoms with Crippen molar-refractivity contribution in [1.82, 2.24) is 25.1 Å². The number of ether oxygens (including phenoxy) is 1. The summed E-state index contributed by atoms with van der Waals surface area (Å²) in [4.78, 5) is 4.70. The van der Waals surface area contributed by atoms with Gasteiger partial charge in [-0.25, -0.2) is 0 Å². The van der Waals surface area contributed by atoms with E-state index >= 15 is 0 Å². The van der Waals surface area contributed by atoms with Gasteiger partial charge in [-0.1, -0.05) is 23.3 Å². The van der Waals surface area contributed by atoms with Gasteiger partial charge in [0.2, 0.25) is 0 Å². The Balaban J connectivity index is 1.71. The van der Waals surface area contributed by atoms with Crippen LogP contribution >= 0.6 is 0 Å². The predicted molar refractivity (Wildman–Crippen MR) is 82.1 cm³/mol. The molecule has 7 nitrogen and oxygen atoms in total. The van der Waals surface area contributed by atoms with Gasteiger partial charge in [-0.05, 0) is 29.6 Å². The van der Waals surface area contributed by atoms with Crippen LogP contribution in [0.25, 0.3) is 5.69 Å². The topological polar surface area (TPSA) is 59.3 Å². The van der Waals surface area contributed by atoms with Crippen LogP contribution in [0.4, 0.5) is 5.95 Å². The molecule has 7 heteroatoms. The molecular formula is C15H20N6O. The van der Waals surface area contributed by atoms with E-state index in [0.717, 1.165) is 44.5 Å². The largest absolute Gasteiger partial charge is 0.379 e. The van der Waals surface area contributed by atoms with Gasteiger partial charge in [0.25, 0.3) is 5.95 Å². The molecule has 116 valence electrons. The van der Waals surface area contributed by atoms with E-state index in [0.29, 0.717) is 5.92 Å². The maximum Gasteiger partial charge on any atom is 0.250 e. The minimum absolute atomic E-state index is 0.283. The van der Waals surface area contributed by atoms with E-state index in [1.54, 1.807) is 0 Å². The van der Waals surface area contributed by atoms with Gasteiger partial charge in [-0.3, -0.25) is 0 Å². The van der Waals surface area contributed by atoms with E-state index in [4.69, 9.17) is 4.74 Å². The van der Waals surface area contributed by atoms with Gasteiger partial charge in [0.05, 0.1) is 24.9 Å². The second kappa shape index (κ2) is 5.66. The van der Waals surface area contributed by atoms with E-state index in [2.05, 4.69) is 32.4 Å². The van der Waals surface area contributed by atoms with E-state index in [1.165, 1.54) is 0 Å². The maximum atomic E-state index is 5.84. The minimum atomic E-state index is 0.283. The summed E-state index contributed by atoms with van der Waals surface area (Å²) in [6, 6.07) is 10.3. The van der Waals surface area contributed by atoms with Gasteiger partial charge in [-0.15, -0.1) is 0 Å². The van der Waals surface area contributed by atoms with Crippen LogP contribution in [0.5, 0.6) is 0 Å². The molecule has 0 aliphatic carbocycles. The van der Waals surface area contributed by atoms with E-state index in [-0.39, 0.29) is 6.04 Å². The highest BCUT2D eigenvalue weighted by Gasteiger charge is 2.34. The van der Waals surface area contributed by atoms with Crippen LogP contribution in [0.2, 0.25) is 0 Å². The molecule has 0 amide bonds. The number of nitrogens with zero attached hydrogens (tertiary/aromatic N) is 6. The summed E-state index contributed by atoms with van der Waals surface area (Å²) in [6.07, 6.45) is 0. The third-order valence-electron chi connectivity index (χ3n) is 4.36. The lowest BCUT2D eigenvalue weighted by Gasteiger charge is -2.29. The number of hydrogen-bond acceptors (Lipinski definition) is 6. The monoisotopic (exact) mass is 300 g/mol. The molecule has 22 heavy (non-hydrogen) atoms. The van der Waals surface area contributed by atoms with Crippen molar-refractivity contribution in [2.45, 2.75) is 6.04 Å². The zero-order valence-corrected chi connectivity index (χ0v) is 12.7. The van der Waals surface area contributed by atoms with Crippen molar-refractivity contribution in [2.75, 3.05) is 44.8 Å². The van der Waals surface area contributed by atoms with Crippen LogP contribution in [-0.2, 0) is 4.74 Å². The second-order valence-corrected chi connectivity index (χ2v) is 6.16. The summed E-state index contributed by atoms with van der Waals surface area (Å²) in [5.74, 6) is 1.29. The first-order valence-corrected chi connectivity index (χ1v) is 7.68. The number of hydrogen-bond donors (Lipinski definition) is 0. The van der Waals surface area contributed by atoms with Crippen molar-refractivity contribution < 1.29 is 4.74 Å². The highest BCUT2D eigenvalue weighted by atomic mass is 16.5. The molecule has 0 spiro atoms. The first-order chi connectivity index (χ1) is 10.8. The fourth-order valence-electron chi connectivity index (χ4n) is 3.42. The summed E-state index contributed by atoms with van der Waals surface area (Å²) >= 11 is 0. The fraction of sp³-hybridized carbons (Fsp3) is 0.533. The Morgan fingerprint density at radius 3 is 2.82 bits per heavy atom. The average molecular weight is 300 g/mol. The van der Waals surface area contributed by atoms with E-state index in [9.17, 15) is 0 Å². The Kier molecular flexibility index (Phi) is 3.51. The number of rotatable bonds is 2. The van der Waals surface area contributed by atoms with Crippen molar-refractivity contribution in [3.8, 4) is 5.69 Å². The third-order valence-corrected chi connectivity index (χ3v) is 4.36. The molecule has 3 heterocycles. The minimum Gasteiger partial charge on any atom is -0.379 e. The predicted octanol–water partition coefficient (Wildman–Crippen LogP) is 0.429. The second-order valence-electron chi connectivity index (χ2n) is 6.16. The van der Waals surface area contributed by atoms with Crippen molar-refractivity contribution in [3.05, 3.63) is 30.3 Å². The zero-order chi connectivity index (χ0) is 14.9. The molecule has 2 aromatic rings. The lowest BCUT2D eigenvalue weighted by atomic mass is 10.1. The third kappa shape index (κ3) is 2.46. The zero-order valence-electron chi connectivity index (χ0n) is 12.7. The number of likely N-dealkylation sites (N-methyl/N-ethyl adjacent to an activating group) is 1. The van der Waals surface area contributed by atoms with Crippen LogP contribution in [0.1, 0.15) is 0 Å². The van der Waals surface area contributed by atoms with Crippen molar-refractivity contribution in [2.24, 2.45) is 5.92 Å². The Morgan fingerprint density at radius 1 is 1.09 bits per heavy atom. The molecule has 2 aliphatic rings. The first kappa shape index (κ1) is 13.7. The molecule has 2 fully saturated rings. The summed E-state index contributed by atoms with van der Waals surface area (Å²) in [7, 11) is 2.18. The lowest BCUT2D eigenvalue weighted by molar-refractivity contribution is 0.0724. The molecule has 0 N–H and O–H groups in total. The van der Waals surface area contributed by atoms with E-state index in [1.807, 2.05) is 35.0 Å². The van der Waals surface area contributed by atoms with Gasteiger partial charge < -0.3 is 14.5 Å². The quantitative estimate of drug-likeness (QED) is 0.801. The summed E-state index contributed by atoms with van der Waals surface area (Å²) < 4.78 is 7.66. The standard InChI is InChI=1S/C15H20N6O/c1-19-7-12-8-20(14(9-19)11-22-10-12)15-16-17-18-21(15)13-5-3-2-4-6-13/h2-6,12,14H,7-11H2,1H3/t12-,14-/m0/s1. The first-order valence-electron chi connectivity index (χ1n) is 7.68. The van der Waals surface area contributed by atoms with Crippen molar-refractivity contribution >= 4 is 5.95 Å². The van der Waals surface area contributed by atoms with Crippen LogP contribution in [0.15, 0.2) is 30.3 Å². The Hall–Kier alpha value is -1.99. The molecule has 2 aliphatic heterocycles. The van der Waals surface area contributed by atoms with Crippen LogP contribution in [-0.4, -0.2) is 71.0 Å². The summed E-state index contributed by atoms with van der Waals surface area (Å²) in [5, 5.41) is 12.4. The van der Waals surface area contributed by atoms with Gasteiger partial charge in [-0.2, -0.15) is 4.68 Å². The van der Waals surface area contributed by atoms with Crippen molar-refractivity contribution in [3.63, 3.8) is 0 Å². The fourth-order valence-corrected chi connectivity index (χ4v) is 3.42. The van der Waals surface area contributed by atoms with Crippen LogP contribution in [0, 0.1) is 5.92 Å². The number of tetrazole rings is 1. The summed E-state index contributed by atoms with van der Waals surface area (Å²) in [6.45, 7) is 4.49. The van der Waals surface area contributed by atoms with Gasteiger partial charge in [0.1, 0.15) is 0 Å². The number of anilines is 1. The highest BCUT2D eigenvalue weighted by molar-refractivity contribution is 5.42. The number of benzene rings is 1. The molecule has 0 saturated carbocycles. The van der Waals surface area contributed by atoms with Crippen LogP contribution < -0.4 is 4.90 Å². The molecule has 1 aromatic heterocycles. The molecule has 0 unspecified atom stereocenters. The molecule has 2 bridgehead atoms. The molecule has 4 rings (SSSR count). The Bertz CT molecular complexity index is 630. The van der Waals surface area contributed by atoms with Gasteiger partial charge in [0, 0.05) is 25.6 Å². The van der Waals surface area contributed by atoms with Crippen LogP contribution in [0.3, 0.4) is 0 Å². The Morgan fingerprint density at radius 2 is 1.95 bits per heavy atom. The SMILES string of the molecule is CN1C[C@@H]2COC[C@H](C1)N(c1nnnn1-c1ccccc1)C2. The molecule has 2 saturated heterocycles. The van der Waals surface area contributed by atoms with Crippen molar-refractivity contribution in [1.29, 1.82) is 0 Å². The average Bonchev–Trinajstić information content (AvgIpc) is 2.85. The Labute approximate surface area is 129 Å². The highest BCUT2D eigenvalue weighted by Crippen LogP contribution is 2.24. The molecule has 2 atom stereocenters. The normalized spacial score (nSPS) is 26.0. The molecule has 0 radical (unpaired) electrons. The molecular weight excluding hydrogens is 280 g/mol. The number of fused-ring (bicyclic) bond motifs is 3. The molecule has 1 aromatic carbocycles. The maximum absolute atomic E-state index is 5.84. The smallest absolute Gasteiger partial charge is 0.250 e. The van der Waals surface area contributed by atoms with Gasteiger partial charge in [0.15, 0.2) is 0 Å². The van der Waals surface area contributed by atoms with E-state index < -0.39 is 0 Å². The lowest BCUT2D eigenvalue weighted by Crippen LogP contribution is -2.44.